The van der Waals surface area contributed by atoms with Crippen LogP contribution < -0.4 is 4.74 Å². The zero-order valence-corrected chi connectivity index (χ0v) is 11.1. The van der Waals surface area contributed by atoms with Gasteiger partial charge in [-0.15, -0.1) is 0 Å². The lowest BCUT2D eigenvalue weighted by Gasteiger charge is -2.13. The maximum absolute atomic E-state index is 9.68. The second-order valence-electron chi connectivity index (χ2n) is 4.23. The Kier molecular flexibility index (Phi) is 3.90. The first-order chi connectivity index (χ1) is 8.58. The zero-order valence-electron chi connectivity index (χ0n) is 10.4. The van der Waals surface area contributed by atoms with Crippen LogP contribution in [0.15, 0.2) is 42.5 Å². The molecule has 2 aromatic carbocycles. The molecule has 0 saturated carbocycles. The van der Waals surface area contributed by atoms with E-state index in [1.807, 2.05) is 43.3 Å². The smallest absolute Gasteiger partial charge is 0.133 e. The molecule has 0 aliphatic carbocycles. The summed E-state index contributed by atoms with van der Waals surface area (Å²) >= 11 is 5.97. The molecule has 2 nitrogen and oxygen atoms in total. The second kappa shape index (κ2) is 5.42. The van der Waals surface area contributed by atoms with E-state index in [2.05, 4.69) is 0 Å². The highest BCUT2D eigenvalue weighted by Gasteiger charge is 2.09. The molecule has 2 aromatic rings. The summed E-state index contributed by atoms with van der Waals surface area (Å²) in [5.74, 6) is 1.37. The van der Waals surface area contributed by atoms with E-state index < -0.39 is 6.10 Å². The number of hydrogen-bond acceptors (Lipinski definition) is 2. The summed E-state index contributed by atoms with van der Waals surface area (Å²) in [7, 11) is 0. The van der Waals surface area contributed by atoms with E-state index in [1.165, 1.54) is 0 Å². The van der Waals surface area contributed by atoms with Gasteiger partial charge in [0.15, 0.2) is 0 Å². The topological polar surface area (TPSA) is 29.5 Å². The fraction of sp³-hybridized carbons (Fsp3) is 0.200. The largest absolute Gasteiger partial charge is 0.457 e. The fourth-order valence-electron chi connectivity index (χ4n) is 1.73. The van der Waals surface area contributed by atoms with Crippen LogP contribution in [0.4, 0.5) is 0 Å². The standard InChI is InChI=1S/C15H15ClO2/c1-10-9-12(7-8-14(10)16)18-15-6-4-3-5-13(15)11(2)17/h3-9,11,17H,1-2H3/t11-/m1/s1. The molecule has 0 unspecified atom stereocenters. The average molecular weight is 263 g/mol. The highest BCUT2D eigenvalue weighted by Crippen LogP contribution is 2.30. The first kappa shape index (κ1) is 12.9. The molecule has 94 valence electrons. The van der Waals surface area contributed by atoms with Crippen LogP contribution >= 0.6 is 11.6 Å². The molecule has 2 rings (SSSR count). The molecule has 1 N–H and O–H groups in total. The number of aryl methyl sites for hydroxylation is 1. The third-order valence-electron chi connectivity index (χ3n) is 2.73. The minimum Gasteiger partial charge on any atom is -0.457 e. The lowest BCUT2D eigenvalue weighted by atomic mass is 10.1. The van der Waals surface area contributed by atoms with Crippen molar-refractivity contribution >= 4 is 11.6 Å². The van der Waals surface area contributed by atoms with Crippen LogP contribution in [-0.4, -0.2) is 5.11 Å². The molecule has 0 saturated heterocycles. The van der Waals surface area contributed by atoms with Gasteiger partial charge in [0.25, 0.3) is 0 Å². The van der Waals surface area contributed by atoms with Crippen LogP contribution in [0.25, 0.3) is 0 Å². The fourth-order valence-corrected chi connectivity index (χ4v) is 1.84. The van der Waals surface area contributed by atoms with E-state index in [1.54, 1.807) is 13.0 Å². The number of benzene rings is 2. The van der Waals surface area contributed by atoms with Crippen LogP contribution in [0.3, 0.4) is 0 Å². The van der Waals surface area contributed by atoms with Crippen molar-refractivity contribution in [1.29, 1.82) is 0 Å². The van der Waals surface area contributed by atoms with Gasteiger partial charge < -0.3 is 9.84 Å². The lowest BCUT2D eigenvalue weighted by molar-refractivity contribution is 0.195. The first-order valence-electron chi connectivity index (χ1n) is 5.79. The van der Waals surface area contributed by atoms with Crippen molar-refractivity contribution < 1.29 is 9.84 Å². The van der Waals surface area contributed by atoms with E-state index in [4.69, 9.17) is 16.3 Å². The summed E-state index contributed by atoms with van der Waals surface area (Å²) in [5, 5.41) is 10.4. The van der Waals surface area contributed by atoms with Gasteiger partial charge in [-0.05, 0) is 43.7 Å². The maximum Gasteiger partial charge on any atom is 0.133 e. The highest BCUT2D eigenvalue weighted by atomic mass is 35.5. The number of ether oxygens (including phenoxy) is 1. The van der Waals surface area contributed by atoms with E-state index in [0.29, 0.717) is 16.5 Å². The molecule has 3 heteroatoms. The Bertz CT molecular complexity index is 550. The minimum absolute atomic E-state index is 0.561. The molecule has 0 radical (unpaired) electrons. The monoisotopic (exact) mass is 262 g/mol. The van der Waals surface area contributed by atoms with Gasteiger partial charge in [0, 0.05) is 10.6 Å². The number of halogens is 1. The summed E-state index contributed by atoms with van der Waals surface area (Å²) in [6.07, 6.45) is -0.561. The van der Waals surface area contributed by atoms with Crippen LogP contribution in [0.1, 0.15) is 24.2 Å². The van der Waals surface area contributed by atoms with E-state index in [-0.39, 0.29) is 0 Å². The van der Waals surface area contributed by atoms with Crippen molar-refractivity contribution in [2.45, 2.75) is 20.0 Å². The summed E-state index contributed by atoms with van der Waals surface area (Å²) in [6.45, 7) is 3.64. The maximum atomic E-state index is 9.68. The third-order valence-corrected chi connectivity index (χ3v) is 3.15. The lowest BCUT2D eigenvalue weighted by Crippen LogP contribution is -1.95. The number of aliphatic hydroxyl groups excluding tert-OH is 1. The molecule has 1 atom stereocenters. The van der Waals surface area contributed by atoms with Crippen molar-refractivity contribution in [2.75, 3.05) is 0 Å². The third kappa shape index (κ3) is 2.84. The molecule has 0 amide bonds. The summed E-state index contributed by atoms with van der Waals surface area (Å²) in [6, 6.07) is 12.9. The Morgan fingerprint density at radius 2 is 1.89 bits per heavy atom. The molecule has 18 heavy (non-hydrogen) atoms. The van der Waals surface area contributed by atoms with E-state index in [9.17, 15) is 5.11 Å². The molecular weight excluding hydrogens is 248 g/mol. The summed E-state index contributed by atoms with van der Waals surface area (Å²) < 4.78 is 5.79. The molecule has 0 aliphatic rings. The van der Waals surface area contributed by atoms with Gasteiger partial charge in [0.05, 0.1) is 6.10 Å². The Labute approximate surface area is 112 Å². The number of hydrogen-bond donors (Lipinski definition) is 1. The predicted molar refractivity (Wildman–Crippen MR) is 73.3 cm³/mol. The van der Waals surface area contributed by atoms with Gasteiger partial charge in [-0.3, -0.25) is 0 Å². The molecular formula is C15H15ClO2. The van der Waals surface area contributed by atoms with Crippen LogP contribution in [0.5, 0.6) is 11.5 Å². The summed E-state index contributed by atoms with van der Waals surface area (Å²) in [5.41, 5.74) is 1.73. The zero-order chi connectivity index (χ0) is 13.1. The second-order valence-corrected chi connectivity index (χ2v) is 4.63. The molecule has 0 spiro atoms. The summed E-state index contributed by atoms with van der Waals surface area (Å²) in [4.78, 5) is 0. The van der Waals surface area contributed by atoms with Gasteiger partial charge >= 0.3 is 0 Å². The van der Waals surface area contributed by atoms with Crippen molar-refractivity contribution in [3.05, 3.63) is 58.6 Å². The first-order valence-corrected chi connectivity index (χ1v) is 6.16. The SMILES string of the molecule is Cc1cc(Oc2ccccc2[C@@H](C)O)ccc1Cl. The Morgan fingerprint density at radius 3 is 2.56 bits per heavy atom. The van der Waals surface area contributed by atoms with E-state index >= 15 is 0 Å². The molecule has 0 fully saturated rings. The van der Waals surface area contributed by atoms with Gasteiger partial charge in [0.1, 0.15) is 11.5 Å². The molecule has 0 aromatic heterocycles. The van der Waals surface area contributed by atoms with Gasteiger partial charge in [0.2, 0.25) is 0 Å². The highest BCUT2D eigenvalue weighted by molar-refractivity contribution is 6.31. The van der Waals surface area contributed by atoms with Crippen molar-refractivity contribution in [2.24, 2.45) is 0 Å². The van der Waals surface area contributed by atoms with Gasteiger partial charge in [-0.25, -0.2) is 0 Å². The van der Waals surface area contributed by atoms with E-state index in [0.717, 1.165) is 11.1 Å². The van der Waals surface area contributed by atoms with Crippen LogP contribution in [0, 0.1) is 6.92 Å². The number of aliphatic hydroxyl groups is 1. The van der Waals surface area contributed by atoms with Crippen molar-refractivity contribution in [3.63, 3.8) is 0 Å². The number of para-hydroxylation sites is 1. The number of rotatable bonds is 3. The Morgan fingerprint density at radius 1 is 1.17 bits per heavy atom. The van der Waals surface area contributed by atoms with Gasteiger partial charge in [-0.1, -0.05) is 29.8 Å². The minimum atomic E-state index is -0.561. The van der Waals surface area contributed by atoms with Crippen LogP contribution in [-0.2, 0) is 0 Å². The average Bonchev–Trinajstić information content (AvgIpc) is 2.34. The molecule has 0 aliphatic heterocycles. The van der Waals surface area contributed by atoms with Crippen LogP contribution in [0.2, 0.25) is 5.02 Å². The molecule has 0 bridgehead atoms. The Balaban J connectivity index is 2.31. The molecule has 0 heterocycles. The van der Waals surface area contributed by atoms with Crippen molar-refractivity contribution in [3.8, 4) is 11.5 Å². The normalized spacial score (nSPS) is 12.2. The van der Waals surface area contributed by atoms with Crippen molar-refractivity contribution in [1.82, 2.24) is 0 Å². The predicted octanol–water partition coefficient (Wildman–Crippen LogP) is 4.49. The quantitative estimate of drug-likeness (QED) is 0.883. The Hall–Kier alpha value is -1.51. The van der Waals surface area contributed by atoms with Gasteiger partial charge in [-0.2, -0.15) is 0 Å².